The first kappa shape index (κ1) is 32.2. The molecular weight excluding hydrogens is 570 g/mol. The van der Waals surface area contributed by atoms with Crippen molar-refractivity contribution in [1.29, 1.82) is 0 Å². The number of ether oxygens (including phenoxy) is 4. The summed E-state index contributed by atoms with van der Waals surface area (Å²) >= 11 is 0. The Bertz CT molecular complexity index is 1360. The molecule has 0 radical (unpaired) electrons. The van der Waals surface area contributed by atoms with E-state index in [1.165, 1.54) is 0 Å². The smallest absolute Gasteiger partial charge is 0.326 e. The minimum atomic E-state index is -0.988. The molecule has 0 saturated carbocycles. The Labute approximate surface area is 255 Å². The van der Waals surface area contributed by atoms with Crippen LogP contribution in [0, 0.1) is 5.92 Å². The number of aliphatic carboxylic acids is 1. The second-order valence-corrected chi connectivity index (χ2v) is 9.97. The number of nitrogens with one attached hydrogen (secondary N) is 4. The molecule has 14 nitrogen and oxygen atoms in total. The number of carbonyl (C=O) groups is 2. The van der Waals surface area contributed by atoms with Gasteiger partial charge in [-0.15, -0.1) is 0 Å². The molecule has 2 aromatic carbocycles. The second kappa shape index (κ2) is 16.8. The Morgan fingerprint density at radius 3 is 2.30 bits per heavy atom. The van der Waals surface area contributed by atoms with E-state index in [2.05, 4.69) is 36.2 Å². The lowest BCUT2D eigenvalue weighted by Crippen LogP contribution is -2.36. The summed E-state index contributed by atoms with van der Waals surface area (Å²) < 4.78 is 22.0. The maximum absolute atomic E-state index is 12.0. The average molecular weight is 610 g/mol. The van der Waals surface area contributed by atoms with E-state index in [1.54, 1.807) is 12.1 Å². The SMILES string of the molecule is CC[C@H](C)[C@H](Nc1nc(NCCOCCOCCNC(=O)c2ccccc2)nc(NCc2ccc3c(c2)OCO3)n1)C(=O)O. The fourth-order valence-corrected chi connectivity index (χ4v) is 4.14. The van der Waals surface area contributed by atoms with Crippen LogP contribution in [-0.2, 0) is 20.8 Å². The number of carbonyl (C=O) groups excluding carboxylic acids is 1. The summed E-state index contributed by atoms with van der Waals surface area (Å²) in [6.07, 6.45) is 0.665. The number of carboxylic acids is 1. The molecule has 1 aliphatic heterocycles. The molecule has 14 heteroatoms. The fraction of sp³-hybridized carbons (Fsp3) is 0.433. The highest BCUT2D eigenvalue weighted by Gasteiger charge is 2.25. The molecule has 0 saturated heterocycles. The van der Waals surface area contributed by atoms with Crippen LogP contribution in [0.1, 0.15) is 36.2 Å². The predicted molar refractivity (Wildman–Crippen MR) is 163 cm³/mol. The lowest BCUT2D eigenvalue weighted by Gasteiger charge is -2.20. The number of anilines is 3. The molecule has 1 aromatic heterocycles. The Hall–Kier alpha value is -4.69. The van der Waals surface area contributed by atoms with Gasteiger partial charge in [-0.3, -0.25) is 4.79 Å². The van der Waals surface area contributed by atoms with Gasteiger partial charge in [-0.1, -0.05) is 44.5 Å². The number of rotatable bonds is 19. The summed E-state index contributed by atoms with van der Waals surface area (Å²) in [6.45, 7) is 6.63. The maximum atomic E-state index is 12.0. The number of amides is 1. The first-order valence-corrected chi connectivity index (χ1v) is 14.5. The van der Waals surface area contributed by atoms with Crippen molar-refractivity contribution in [2.24, 2.45) is 5.92 Å². The highest BCUT2D eigenvalue weighted by atomic mass is 16.7. The van der Waals surface area contributed by atoms with Crippen LogP contribution in [-0.4, -0.2) is 84.3 Å². The summed E-state index contributed by atoms with van der Waals surface area (Å²) in [5.41, 5.74) is 1.53. The van der Waals surface area contributed by atoms with E-state index >= 15 is 0 Å². The van der Waals surface area contributed by atoms with Crippen LogP contribution >= 0.6 is 0 Å². The molecule has 0 aliphatic carbocycles. The topological polar surface area (TPSA) is 178 Å². The van der Waals surface area contributed by atoms with E-state index in [-0.39, 0.29) is 36.5 Å². The lowest BCUT2D eigenvalue weighted by atomic mass is 10.00. The van der Waals surface area contributed by atoms with Gasteiger partial charge in [-0.05, 0) is 35.7 Å². The lowest BCUT2D eigenvalue weighted by molar-refractivity contribution is -0.139. The number of nitrogens with zero attached hydrogens (tertiary/aromatic N) is 3. The molecule has 4 rings (SSSR count). The average Bonchev–Trinajstić information content (AvgIpc) is 3.51. The van der Waals surface area contributed by atoms with E-state index < -0.39 is 12.0 Å². The normalized spacial score (nSPS) is 13.1. The fourth-order valence-electron chi connectivity index (χ4n) is 4.14. The summed E-state index contributed by atoms with van der Waals surface area (Å²) in [7, 11) is 0. The van der Waals surface area contributed by atoms with Crippen molar-refractivity contribution in [3.8, 4) is 11.5 Å². The van der Waals surface area contributed by atoms with Gasteiger partial charge >= 0.3 is 5.97 Å². The molecule has 0 unspecified atom stereocenters. The molecule has 2 heterocycles. The van der Waals surface area contributed by atoms with Crippen molar-refractivity contribution in [2.75, 3.05) is 62.3 Å². The number of hydrogen-bond donors (Lipinski definition) is 5. The van der Waals surface area contributed by atoms with E-state index in [0.29, 0.717) is 69.5 Å². The van der Waals surface area contributed by atoms with Crippen molar-refractivity contribution < 1.29 is 33.6 Å². The zero-order chi connectivity index (χ0) is 31.1. The maximum Gasteiger partial charge on any atom is 0.326 e. The van der Waals surface area contributed by atoms with Crippen LogP contribution in [0.3, 0.4) is 0 Å². The molecular formula is C30H39N7O7. The first-order valence-electron chi connectivity index (χ1n) is 14.5. The van der Waals surface area contributed by atoms with E-state index in [9.17, 15) is 14.7 Å². The van der Waals surface area contributed by atoms with Crippen LogP contribution in [0.15, 0.2) is 48.5 Å². The Morgan fingerprint density at radius 2 is 1.57 bits per heavy atom. The van der Waals surface area contributed by atoms with Gasteiger partial charge in [0.15, 0.2) is 11.5 Å². The van der Waals surface area contributed by atoms with E-state index in [0.717, 1.165) is 5.56 Å². The van der Waals surface area contributed by atoms with Crippen LogP contribution in [0.5, 0.6) is 11.5 Å². The van der Waals surface area contributed by atoms with Gasteiger partial charge in [0, 0.05) is 25.2 Å². The number of fused-ring (bicyclic) bond motifs is 1. The minimum absolute atomic E-state index is 0.136. The summed E-state index contributed by atoms with van der Waals surface area (Å²) in [6, 6.07) is 13.8. The predicted octanol–water partition coefficient (Wildman–Crippen LogP) is 3.00. The largest absolute Gasteiger partial charge is 0.480 e. The number of aromatic nitrogens is 3. The second-order valence-electron chi connectivity index (χ2n) is 9.97. The summed E-state index contributed by atoms with van der Waals surface area (Å²) in [5.74, 6) is 0.748. The number of carboxylic acid groups (broad SMARTS) is 1. The zero-order valence-corrected chi connectivity index (χ0v) is 24.9. The van der Waals surface area contributed by atoms with Gasteiger partial charge in [-0.2, -0.15) is 15.0 Å². The van der Waals surface area contributed by atoms with Gasteiger partial charge in [-0.25, -0.2) is 4.79 Å². The van der Waals surface area contributed by atoms with Crippen molar-refractivity contribution in [2.45, 2.75) is 32.9 Å². The zero-order valence-electron chi connectivity index (χ0n) is 24.9. The highest BCUT2D eigenvalue weighted by molar-refractivity contribution is 5.94. The third kappa shape index (κ3) is 9.95. The van der Waals surface area contributed by atoms with E-state index in [4.69, 9.17) is 18.9 Å². The van der Waals surface area contributed by atoms with Gasteiger partial charge in [0.25, 0.3) is 5.91 Å². The Kier molecular flexibility index (Phi) is 12.3. The standard InChI is InChI=1S/C30H39N7O7/c1-3-20(2)25(27(39)40)34-30-36-28(35-29(37-30)33-18-21-9-10-23-24(17-21)44-19-43-23)32-12-14-42-16-15-41-13-11-31-26(38)22-7-5-4-6-8-22/h4-10,17,20,25H,3,11-16,18-19H2,1-2H3,(H,31,38)(H,39,40)(H3,32,33,34,35,36,37)/t20-,25-/m0/s1. The first-order chi connectivity index (χ1) is 21.4. The van der Waals surface area contributed by atoms with Crippen LogP contribution in [0.4, 0.5) is 17.8 Å². The monoisotopic (exact) mass is 609 g/mol. The van der Waals surface area contributed by atoms with E-state index in [1.807, 2.05) is 50.2 Å². The minimum Gasteiger partial charge on any atom is -0.480 e. The molecule has 236 valence electrons. The Morgan fingerprint density at radius 1 is 0.886 bits per heavy atom. The highest BCUT2D eigenvalue weighted by Crippen LogP contribution is 2.32. The summed E-state index contributed by atoms with van der Waals surface area (Å²) in [4.78, 5) is 37.1. The van der Waals surface area contributed by atoms with Crippen molar-refractivity contribution in [3.05, 3.63) is 59.7 Å². The van der Waals surface area contributed by atoms with Gasteiger partial charge in [0.2, 0.25) is 24.6 Å². The number of benzene rings is 2. The third-order valence-electron chi connectivity index (χ3n) is 6.76. The van der Waals surface area contributed by atoms with Gasteiger partial charge < -0.3 is 45.3 Å². The van der Waals surface area contributed by atoms with Crippen LogP contribution in [0.2, 0.25) is 0 Å². The van der Waals surface area contributed by atoms with Crippen LogP contribution < -0.4 is 30.7 Å². The molecule has 3 aromatic rings. The molecule has 0 fully saturated rings. The van der Waals surface area contributed by atoms with Crippen LogP contribution in [0.25, 0.3) is 0 Å². The summed E-state index contributed by atoms with van der Waals surface area (Å²) in [5, 5.41) is 21.8. The molecule has 0 spiro atoms. The molecule has 44 heavy (non-hydrogen) atoms. The molecule has 1 aliphatic rings. The quantitative estimate of drug-likeness (QED) is 0.125. The molecule has 1 amide bonds. The molecule has 0 bridgehead atoms. The molecule has 5 N–H and O–H groups in total. The van der Waals surface area contributed by atoms with Crippen molar-refractivity contribution >= 4 is 29.7 Å². The molecule has 2 atom stereocenters. The van der Waals surface area contributed by atoms with Gasteiger partial charge in [0.1, 0.15) is 6.04 Å². The van der Waals surface area contributed by atoms with Crippen molar-refractivity contribution in [1.82, 2.24) is 20.3 Å². The van der Waals surface area contributed by atoms with Crippen molar-refractivity contribution in [3.63, 3.8) is 0 Å². The Balaban J connectivity index is 1.23. The number of hydrogen-bond acceptors (Lipinski definition) is 12. The third-order valence-corrected chi connectivity index (χ3v) is 6.76. The van der Waals surface area contributed by atoms with Gasteiger partial charge in [0.05, 0.1) is 26.4 Å².